The summed E-state index contributed by atoms with van der Waals surface area (Å²) in [6.45, 7) is 0. The van der Waals surface area contributed by atoms with Gasteiger partial charge in [0.15, 0.2) is 6.10 Å². The lowest BCUT2D eigenvalue weighted by atomic mass is 10.1. The first-order valence-electron chi connectivity index (χ1n) is 3.93. The SMILES string of the molecule is O=C(O)C1OC1c1cc(F)ccc1F. The highest BCUT2D eigenvalue weighted by atomic mass is 19.1. The van der Waals surface area contributed by atoms with Crippen LogP contribution in [0.4, 0.5) is 8.78 Å². The summed E-state index contributed by atoms with van der Waals surface area (Å²) in [5.74, 6) is -2.43. The molecule has 0 aromatic heterocycles. The Morgan fingerprint density at radius 1 is 1.43 bits per heavy atom. The van der Waals surface area contributed by atoms with Gasteiger partial charge in [0.05, 0.1) is 0 Å². The summed E-state index contributed by atoms with van der Waals surface area (Å²) in [6.07, 6.45) is -1.91. The molecule has 2 unspecified atom stereocenters. The average Bonchev–Trinajstić information content (AvgIpc) is 2.88. The molecule has 0 aliphatic carbocycles. The quantitative estimate of drug-likeness (QED) is 0.736. The lowest BCUT2D eigenvalue weighted by molar-refractivity contribution is -0.138. The predicted octanol–water partition coefficient (Wildman–Crippen LogP) is 1.49. The fraction of sp³-hybridized carbons (Fsp3) is 0.222. The molecule has 0 saturated carbocycles. The molecule has 1 aromatic rings. The molecule has 1 heterocycles. The fourth-order valence-corrected chi connectivity index (χ4v) is 1.27. The lowest BCUT2D eigenvalue weighted by Gasteiger charge is -1.97. The molecule has 0 bridgehead atoms. The van der Waals surface area contributed by atoms with E-state index >= 15 is 0 Å². The first-order valence-corrected chi connectivity index (χ1v) is 3.93. The summed E-state index contributed by atoms with van der Waals surface area (Å²) in [6, 6.07) is 2.87. The maximum absolute atomic E-state index is 13.1. The van der Waals surface area contributed by atoms with Crippen molar-refractivity contribution in [1.29, 1.82) is 0 Å². The van der Waals surface area contributed by atoms with Gasteiger partial charge in [-0.1, -0.05) is 0 Å². The average molecular weight is 200 g/mol. The second-order valence-corrected chi connectivity index (χ2v) is 2.98. The number of carboxylic acids is 1. The fourth-order valence-electron chi connectivity index (χ4n) is 1.27. The Morgan fingerprint density at radius 2 is 2.14 bits per heavy atom. The van der Waals surface area contributed by atoms with Crippen molar-refractivity contribution in [2.45, 2.75) is 12.2 Å². The number of hydrogen-bond donors (Lipinski definition) is 1. The van der Waals surface area contributed by atoms with Crippen LogP contribution in [0.25, 0.3) is 0 Å². The van der Waals surface area contributed by atoms with Crippen LogP contribution in [0.15, 0.2) is 18.2 Å². The monoisotopic (exact) mass is 200 g/mol. The number of carbonyl (C=O) groups is 1. The zero-order chi connectivity index (χ0) is 10.3. The molecule has 3 nitrogen and oxygen atoms in total. The molecule has 1 aliphatic heterocycles. The van der Waals surface area contributed by atoms with Crippen LogP contribution in [0, 0.1) is 11.6 Å². The van der Waals surface area contributed by atoms with Crippen molar-refractivity contribution in [2.75, 3.05) is 0 Å². The minimum atomic E-state index is -1.17. The van der Waals surface area contributed by atoms with Gasteiger partial charge < -0.3 is 9.84 Å². The zero-order valence-electron chi connectivity index (χ0n) is 6.91. The number of ether oxygens (including phenoxy) is 1. The third-order valence-corrected chi connectivity index (χ3v) is 2.00. The van der Waals surface area contributed by atoms with Crippen molar-refractivity contribution in [2.24, 2.45) is 0 Å². The Kier molecular flexibility index (Phi) is 1.96. The molecule has 0 amide bonds. The second-order valence-electron chi connectivity index (χ2n) is 2.98. The number of benzene rings is 1. The zero-order valence-corrected chi connectivity index (χ0v) is 6.91. The number of carboxylic acid groups (broad SMARTS) is 1. The van der Waals surface area contributed by atoms with Crippen LogP contribution < -0.4 is 0 Å². The van der Waals surface area contributed by atoms with Gasteiger partial charge in [0.2, 0.25) is 0 Å². The Morgan fingerprint density at radius 3 is 2.71 bits per heavy atom. The summed E-state index contributed by atoms with van der Waals surface area (Å²) in [5, 5.41) is 8.50. The van der Waals surface area contributed by atoms with Crippen molar-refractivity contribution in [3.63, 3.8) is 0 Å². The van der Waals surface area contributed by atoms with E-state index in [0.29, 0.717) is 0 Å². The van der Waals surface area contributed by atoms with E-state index in [1.807, 2.05) is 0 Å². The number of halogens is 2. The van der Waals surface area contributed by atoms with Crippen molar-refractivity contribution in [1.82, 2.24) is 0 Å². The first kappa shape index (κ1) is 9.08. The summed E-state index contributed by atoms with van der Waals surface area (Å²) < 4.78 is 30.4. The highest BCUT2D eigenvalue weighted by Crippen LogP contribution is 2.40. The summed E-state index contributed by atoms with van der Waals surface area (Å²) in [7, 11) is 0. The van der Waals surface area contributed by atoms with Gasteiger partial charge in [-0.15, -0.1) is 0 Å². The van der Waals surface area contributed by atoms with Crippen LogP contribution in [0.5, 0.6) is 0 Å². The van der Waals surface area contributed by atoms with Crippen LogP contribution >= 0.6 is 0 Å². The number of epoxide rings is 1. The van der Waals surface area contributed by atoms with Gasteiger partial charge in [-0.2, -0.15) is 0 Å². The van der Waals surface area contributed by atoms with Crippen molar-refractivity contribution < 1.29 is 23.4 Å². The van der Waals surface area contributed by atoms with Gasteiger partial charge in [0.1, 0.15) is 17.7 Å². The van der Waals surface area contributed by atoms with Gasteiger partial charge in [-0.05, 0) is 18.2 Å². The number of rotatable bonds is 2. The summed E-state index contributed by atoms with van der Waals surface area (Å²) in [5.41, 5.74) is -0.0441. The van der Waals surface area contributed by atoms with E-state index in [1.54, 1.807) is 0 Å². The van der Waals surface area contributed by atoms with Crippen LogP contribution in [0.2, 0.25) is 0 Å². The van der Waals surface area contributed by atoms with Gasteiger partial charge >= 0.3 is 5.97 Å². The van der Waals surface area contributed by atoms with Crippen LogP contribution in [-0.2, 0) is 9.53 Å². The van der Waals surface area contributed by atoms with Crippen molar-refractivity contribution >= 4 is 5.97 Å². The Labute approximate surface area is 77.9 Å². The molecule has 1 fully saturated rings. The third-order valence-electron chi connectivity index (χ3n) is 2.00. The van der Waals surface area contributed by atoms with Crippen molar-refractivity contribution in [3.8, 4) is 0 Å². The second kappa shape index (κ2) is 3.02. The van der Waals surface area contributed by atoms with E-state index in [9.17, 15) is 13.6 Å². The highest BCUT2D eigenvalue weighted by molar-refractivity contribution is 5.76. The molecule has 5 heteroatoms. The van der Waals surface area contributed by atoms with Crippen LogP contribution in [0.1, 0.15) is 11.7 Å². The molecule has 1 aromatic carbocycles. The normalized spacial score (nSPS) is 24.7. The molecular weight excluding hydrogens is 194 g/mol. The molecule has 2 rings (SSSR count). The van der Waals surface area contributed by atoms with E-state index < -0.39 is 29.8 Å². The molecule has 1 N–H and O–H groups in total. The molecule has 0 spiro atoms. The number of hydrogen-bond acceptors (Lipinski definition) is 2. The minimum Gasteiger partial charge on any atom is -0.479 e. The molecule has 74 valence electrons. The van der Waals surface area contributed by atoms with Crippen molar-refractivity contribution in [3.05, 3.63) is 35.4 Å². The Bertz CT molecular complexity index is 392. The van der Waals surface area contributed by atoms with Crippen LogP contribution in [0.3, 0.4) is 0 Å². The molecule has 0 radical (unpaired) electrons. The van der Waals surface area contributed by atoms with E-state index in [4.69, 9.17) is 9.84 Å². The molecule has 1 saturated heterocycles. The summed E-state index contributed by atoms with van der Waals surface area (Å²) in [4.78, 5) is 10.4. The largest absolute Gasteiger partial charge is 0.479 e. The smallest absolute Gasteiger partial charge is 0.335 e. The Hall–Kier alpha value is -1.49. The minimum absolute atomic E-state index is 0.0441. The molecule has 2 atom stereocenters. The number of aliphatic carboxylic acids is 1. The maximum atomic E-state index is 13.1. The van der Waals surface area contributed by atoms with Gasteiger partial charge in [0, 0.05) is 5.56 Å². The lowest BCUT2D eigenvalue weighted by Crippen LogP contribution is -2.05. The van der Waals surface area contributed by atoms with Gasteiger partial charge in [-0.3, -0.25) is 0 Å². The summed E-state index contributed by atoms with van der Waals surface area (Å²) >= 11 is 0. The standard InChI is InChI=1S/C9H6F2O3/c10-4-1-2-6(11)5(3-4)7-8(14-7)9(12)13/h1-3,7-8H,(H,12,13). The van der Waals surface area contributed by atoms with E-state index in [0.717, 1.165) is 18.2 Å². The third kappa shape index (κ3) is 1.46. The van der Waals surface area contributed by atoms with Gasteiger partial charge in [-0.25, -0.2) is 13.6 Å². The molecular formula is C9H6F2O3. The van der Waals surface area contributed by atoms with E-state index in [1.165, 1.54) is 0 Å². The van der Waals surface area contributed by atoms with E-state index in [-0.39, 0.29) is 5.56 Å². The molecule has 1 aliphatic rings. The first-order chi connectivity index (χ1) is 6.59. The topological polar surface area (TPSA) is 49.8 Å². The van der Waals surface area contributed by atoms with E-state index in [2.05, 4.69) is 0 Å². The van der Waals surface area contributed by atoms with Gasteiger partial charge in [0.25, 0.3) is 0 Å². The van der Waals surface area contributed by atoms with Crippen LogP contribution in [-0.4, -0.2) is 17.2 Å². The highest BCUT2D eigenvalue weighted by Gasteiger charge is 2.47. The Balaban J connectivity index is 2.26. The predicted molar refractivity (Wildman–Crippen MR) is 41.6 cm³/mol. The maximum Gasteiger partial charge on any atom is 0.335 e. The molecule has 14 heavy (non-hydrogen) atoms.